The Bertz CT molecular complexity index is 734. The molecule has 1 heterocycles. The molecule has 1 fully saturated rings. The van der Waals surface area contributed by atoms with Gasteiger partial charge in [0.2, 0.25) is 5.91 Å². The number of rotatable bonds is 4. The summed E-state index contributed by atoms with van der Waals surface area (Å²) in [5.74, 6) is 0.535. The lowest BCUT2D eigenvalue weighted by Crippen LogP contribution is -2.43. The summed E-state index contributed by atoms with van der Waals surface area (Å²) in [6.07, 6.45) is 1.30. The van der Waals surface area contributed by atoms with Gasteiger partial charge in [-0.1, -0.05) is 35.9 Å². The van der Waals surface area contributed by atoms with Gasteiger partial charge in [-0.25, -0.2) is 4.79 Å². The first kappa shape index (κ1) is 22.9. The number of aliphatic carboxylic acids is 1. The Morgan fingerprint density at radius 3 is 2.21 bits per heavy atom. The van der Waals surface area contributed by atoms with E-state index in [4.69, 9.17) is 20.4 Å². The van der Waals surface area contributed by atoms with Gasteiger partial charge in [0.05, 0.1) is 6.54 Å². The summed E-state index contributed by atoms with van der Waals surface area (Å²) < 4.78 is 5.63. The number of benzene rings is 2. The van der Waals surface area contributed by atoms with Crippen molar-refractivity contribution < 1.29 is 24.2 Å². The minimum atomic E-state index is -0.936. The number of para-hydroxylation sites is 1. The zero-order chi connectivity index (χ0) is 20.9. The van der Waals surface area contributed by atoms with Crippen LogP contribution in [0.2, 0.25) is 0 Å². The van der Waals surface area contributed by atoms with Crippen molar-refractivity contribution in [1.82, 2.24) is 4.90 Å². The van der Waals surface area contributed by atoms with Crippen molar-refractivity contribution in [3.63, 3.8) is 0 Å². The number of carboxylic acid groups (broad SMARTS) is 1. The van der Waals surface area contributed by atoms with E-state index in [1.807, 2.05) is 61.4 Å². The number of likely N-dealkylation sites (tertiary alicyclic amines) is 1. The summed E-state index contributed by atoms with van der Waals surface area (Å²) >= 11 is 0. The van der Waals surface area contributed by atoms with Crippen LogP contribution in [-0.2, 0) is 14.4 Å². The third kappa shape index (κ3) is 7.20. The van der Waals surface area contributed by atoms with Gasteiger partial charge in [-0.3, -0.25) is 4.79 Å². The Kier molecular flexibility index (Phi) is 9.99. The molecular weight excluding hydrogens is 360 g/mol. The van der Waals surface area contributed by atoms with Gasteiger partial charge < -0.3 is 25.3 Å². The van der Waals surface area contributed by atoms with E-state index in [1.165, 1.54) is 10.5 Å². The highest BCUT2D eigenvalue weighted by molar-refractivity contribution is 5.85. The molecule has 2 aromatic carbocycles. The van der Waals surface area contributed by atoms with Crippen LogP contribution in [0.15, 0.2) is 54.6 Å². The van der Waals surface area contributed by atoms with Gasteiger partial charge in [0.15, 0.2) is 0 Å². The SMILES string of the molecule is C=O.Cc1ccc(Oc2ccccc2)cc1.NCC(=O)N1CCCC1C(=O)O. The Labute approximate surface area is 164 Å². The lowest BCUT2D eigenvalue weighted by Gasteiger charge is -2.20. The van der Waals surface area contributed by atoms with Gasteiger partial charge in [0, 0.05) is 6.54 Å². The predicted molar refractivity (Wildman–Crippen MR) is 106 cm³/mol. The van der Waals surface area contributed by atoms with E-state index in [1.54, 1.807) is 0 Å². The molecule has 1 unspecified atom stereocenters. The van der Waals surface area contributed by atoms with Gasteiger partial charge in [0.1, 0.15) is 24.3 Å². The average Bonchev–Trinajstić information content (AvgIpc) is 3.22. The van der Waals surface area contributed by atoms with Crippen LogP contribution in [-0.4, -0.2) is 47.8 Å². The molecule has 1 aliphatic heterocycles. The molecule has 0 bridgehead atoms. The molecule has 150 valence electrons. The molecule has 7 nitrogen and oxygen atoms in total. The highest BCUT2D eigenvalue weighted by atomic mass is 16.5. The van der Waals surface area contributed by atoms with E-state index in [-0.39, 0.29) is 12.5 Å². The molecule has 0 radical (unpaired) electrons. The van der Waals surface area contributed by atoms with E-state index < -0.39 is 12.0 Å². The number of carboxylic acids is 1. The monoisotopic (exact) mass is 386 g/mol. The first-order valence-corrected chi connectivity index (χ1v) is 8.82. The zero-order valence-corrected chi connectivity index (χ0v) is 15.9. The molecule has 1 amide bonds. The third-order valence-electron chi connectivity index (χ3n) is 4.03. The molecule has 3 rings (SSSR count). The summed E-state index contributed by atoms with van der Waals surface area (Å²) in [5, 5.41) is 8.69. The van der Waals surface area contributed by atoms with Gasteiger partial charge in [-0.15, -0.1) is 0 Å². The molecule has 3 N–H and O–H groups in total. The zero-order valence-electron chi connectivity index (χ0n) is 15.9. The van der Waals surface area contributed by atoms with Crippen molar-refractivity contribution in [3.8, 4) is 11.5 Å². The molecule has 0 spiro atoms. The van der Waals surface area contributed by atoms with E-state index in [9.17, 15) is 9.59 Å². The number of nitrogens with two attached hydrogens (primary N) is 1. The van der Waals surface area contributed by atoms with Gasteiger partial charge in [-0.2, -0.15) is 0 Å². The molecular formula is C21H26N2O5. The quantitative estimate of drug-likeness (QED) is 0.836. The number of nitrogens with zero attached hydrogens (tertiary/aromatic N) is 1. The highest BCUT2D eigenvalue weighted by Gasteiger charge is 2.32. The summed E-state index contributed by atoms with van der Waals surface area (Å²) in [4.78, 5) is 31.0. The Morgan fingerprint density at radius 1 is 1.11 bits per heavy atom. The Hall–Kier alpha value is -3.19. The topological polar surface area (TPSA) is 110 Å². The van der Waals surface area contributed by atoms with Crippen LogP contribution in [0.3, 0.4) is 0 Å². The van der Waals surface area contributed by atoms with Crippen LogP contribution >= 0.6 is 0 Å². The predicted octanol–water partition coefficient (Wildman–Crippen LogP) is 2.62. The minimum absolute atomic E-state index is 0.107. The molecule has 0 aliphatic carbocycles. The van der Waals surface area contributed by atoms with Crippen LogP contribution < -0.4 is 10.5 Å². The Balaban J connectivity index is 0.000000260. The van der Waals surface area contributed by atoms with Crippen LogP contribution in [0, 0.1) is 6.92 Å². The maximum atomic E-state index is 11.1. The van der Waals surface area contributed by atoms with Gasteiger partial charge in [-0.05, 0) is 44.0 Å². The highest BCUT2D eigenvalue weighted by Crippen LogP contribution is 2.20. The third-order valence-corrected chi connectivity index (χ3v) is 4.03. The summed E-state index contributed by atoms with van der Waals surface area (Å²) in [6.45, 7) is 4.48. The number of aryl methyl sites for hydroxylation is 1. The van der Waals surface area contributed by atoms with Crippen LogP contribution in [0.4, 0.5) is 0 Å². The van der Waals surface area contributed by atoms with E-state index in [2.05, 4.69) is 6.92 Å². The van der Waals surface area contributed by atoms with Crippen LogP contribution in [0.1, 0.15) is 18.4 Å². The van der Waals surface area contributed by atoms with Crippen molar-refractivity contribution in [3.05, 3.63) is 60.2 Å². The lowest BCUT2D eigenvalue weighted by atomic mass is 10.2. The Morgan fingerprint density at radius 2 is 1.68 bits per heavy atom. The summed E-state index contributed by atoms with van der Waals surface area (Å²) in [7, 11) is 0. The number of ether oxygens (including phenoxy) is 1. The normalized spacial score (nSPS) is 14.8. The molecule has 28 heavy (non-hydrogen) atoms. The van der Waals surface area contributed by atoms with Crippen molar-refractivity contribution in [2.24, 2.45) is 5.73 Å². The average molecular weight is 386 g/mol. The second kappa shape index (κ2) is 12.2. The van der Waals surface area contributed by atoms with E-state index in [0.29, 0.717) is 13.0 Å². The molecule has 0 aromatic heterocycles. The van der Waals surface area contributed by atoms with Crippen molar-refractivity contribution in [1.29, 1.82) is 0 Å². The van der Waals surface area contributed by atoms with Gasteiger partial charge >= 0.3 is 5.97 Å². The second-order valence-electron chi connectivity index (χ2n) is 6.02. The van der Waals surface area contributed by atoms with E-state index in [0.717, 1.165) is 17.9 Å². The fraction of sp³-hybridized carbons (Fsp3) is 0.286. The number of amides is 1. The fourth-order valence-corrected chi connectivity index (χ4v) is 2.67. The molecule has 1 aliphatic rings. The largest absolute Gasteiger partial charge is 0.480 e. The van der Waals surface area contributed by atoms with Crippen LogP contribution in [0.25, 0.3) is 0 Å². The number of hydrogen-bond donors (Lipinski definition) is 2. The molecule has 7 heteroatoms. The maximum absolute atomic E-state index is 11.1. The van der Waals surface area contributed by atoms with E-state index >= 15 is 0 Å². The molecule has 1 atom stereocenters. The summed E-state index contributed by atoms with van der Waals surface area (Å²) in [5.41, 5.74) is 6.37. The first-order chi connectivity index (χ1) is 13.5. The molecule has 1 saturated heterocycles. The number of carbonyl (C=O) groups excluding carboxylic acids is 2. The fourth-order valence-electron chi connectivity index (χ4n) is 2.67. The first-order valence-electron chi connectivity index (χ1n) is 8.82. The lowest BCUT2D eigenvalue weighted by molar-refractivity contribution is -0.147. The smallest absolute Gasteiger partial charge is 0.326 e. The van der Waals surface area contributed by atoms with Crippen LogP contribution in [0.5, 0.6) is 11.5 Å². The van der Waals surface area contributed by atoms with Gasteiger partial charge in [0.25, 0.3) is 0 Å². The van der Waals surface area contributed by atoms with Crippen molar-refractivity contribution in [2.45, 2.75) is 25.8 Å². The molecule has 0 saturated carbocycles. The maximum Gasteiger partial charge on any atom is 0.326 e. The standard InChI is InChI=1S/C13H12O.C7H12N2O3.CH2O/c1-11-7-9-13(10-8-11)14-12-5-3-2-4-6-12;8-4-6(10)9-3-1-2-5(9)7(11)12;1-2/h2-10H,1H3;5H,1-4,8H2,(H,11,12);1H2. The summed E-state index contributed by atoms with van der Waals surface area (Å²) in [6, 6.07) is 17.2. The minimum Gasteiger partial charge on any atom is -0.480 e. The second-order valence-corrected chi connectivity index (χ2v) is 6.02. The van der Waals surface area contributed by atoms with Crippen molar-refractivity contribution >= 4 is 18.7 Å². The number of carbonyl (C=O) groups is 3. The van der Waals surface area contributed by atoms with Crippen molar-refractivity contribution in [2.75, 3.05) is 13.1 Å². The number of hydrogen-bond acceptors (Lipinski definition) is 5. The molecule has 2 aromatic rings.